The molecule has 0 aliphatic heterocycles. The van der Waals surface area contributed by atoms with E-state index in [1.807, 2.05) is 20.8 Å². The molecule has 0 aromatic carbocycles. The van der Waals surface area contributed by atoms with E-state index < -0.39 is 26.1 Å². The minimum Gasteiger partial charge on any atom is -0.460 e. The standard InChI is InChI=1S/C30H56O5Si/c1-10-11-12-13-14-15-18-24-25(27(32)22-26(24)31)21-20-23(35-36(8,9)30(5,6)7)17-16-19-28(33)34-29(2,3)4/h14-15,20-21,23-27,31-32H,10-13,16-19,22H2,1-9H3/b15-14-,21-20?/t23-,24+,25-,26-,27+/m0/s1. The Balaban J connectivity index is 2.90. The highest BCUT2D eigenvalue weighted by Gasteiger charge is 2.41. The Morgan fingerprint density at radius 3 is 2.28 bits per heavy atom. The molecule has 0 bridgehead atoms. The molecular formula is C30H56O5Si. The van der Waals surface area contributed by atoms with Crippen molar-refractivity contribution in [3.63, 3.8) is 0 Å². The average molecular weight is 525 g/mol. The number of aliphatic hydroxyl groups excluding tert-OH is 2. The Hall–Kier alpha value is -0.953. The quantitative estimate of drug-likeness (QED) is 0.108. The Morgan fingerprint density at radius 2 is 1.69 bits per heavy atom. The third kappa shape index (κ3) is 12.1. The average Bonchev–Trinajstić information content (AvgIpc) is 2.98. The van der Waals surface area contributed by atoms with Crippen LogP contribution in [0.25, 0.3) is 0 Å². The van der Waals surface area contributed by atoms with Gasteiger partial charge in [0.25, 0.3) is 0 Å². The molecule has 0 amide bonds. The zero-order valence-corrected chi connectivity index (χ0v) is 25.7. The first-order chi connectivity index (χ1) is 16.6. The van der Waals surface area contributed by atoms with Crippen molar-refractivity contribution in [1.82, 2.24) is 0 Å². The van der Waals surface area contributed by atoms with Crippen molar-refractivity contribution < 1.29 is 24.2 Å². The van der Waals surface area contributed by atoms with Crippen LogP contribution < -0.4 is 0 Å². The fourth-order valence-electron chi connectivity index (χ4n) is 4.43. The first kappa shape index (κ1) is 33.1. The zero-order valence-electron chi connectivity index (χ0n) is 24.7. The molecule has 1 rings (SSSR count). The van der Waals surface area contributed by atoms with Crippen LogP contribution in [0.4, 0.5) is 0 Å². The molecule has 0 radical (unpaired) electrons. The highest BCUT2D eigenvalue weighted by atomic mass is 28.4. The molecule has 1 fully saturated rings. The van der Waals surface area contributed by atoms with E-state index in [9.17, 15) is 15.0 Å². The Labute approximate surface area is 222 Å². The van der Waals surface area contributed by atoms with Gasteiger partial charge in [0.2, 0.25) is 0 Å². The zero-order chi connectivity index (χ0) is 27.6. The number of unbranched alkanes of at least 4 members (excludes halogenated alkanes) is 3. The molecule has 36 heavy (non-hydrogen) atoms. The van der Waals surface area contributed by atoms with E-state index in [0.717, 1.165) is 19.3 Å². The maximum atomic E-state index is 12.2. The van der Waals surface area contributed by atoms with Gasteiger partial charge in [-0.15, -0.1) is 0 Å². The van der Waals surface area contributed by atoms with Gasteiger partial charge in [-0.25, -0.2) is 0 Å². The van der Waals surface area contributed by atoms with Crippen molar-refractivity contribution in [1.29, 1.82) is 0 Å². The van der Waals surface area contributed by atoms with Crippen molar-refractivity contribution in [2.24, 2.45) is 11.8 Å². The molecule has 5 nitrogen and oxygen atoms in total. The molecule has 1 aliphatic carbocycles. The molecular weight excluding hydrogens is 468 g/mol. The third-order valence-corrected chi connectivity index (χ3v) is 12.1. The number of hydrogen-bond donors (Lipinski definition) is 2. The SMILES string of the molecule is CCCCC/C=C\C[C@@H]1[C@H](C=C[C@H](CCCC(=O)OC(C)(C)C)O[Si](C)(C)C(C)(C)C)[C@H](O)C[C@@H]1O. The maximum absolute atomic E-state index is 12.2. The van der Waals surface area contributed by atoms with Crippen LogP contribution in [-0.2, 0) is 14.0 Å². The van der Waals surface area contributed by atoms with Gasteiger partial charge in [0.05, 0.1) is 18.3 Å². The van der Waals surface area contributed by atoms with E-state index in [1.165, 1.54) is 19.3 Å². The summed E-state index contributed by atoms with van der Waals surface area (Å²) < 4.78 is 12.2. The van der Waals surface area contributed by atoms with E-state index in [2.05, 4.69) is 65.1 Å². The van der Waals surface area contributed by atoms with Gasteiger partial charge in [-0.1, -0.05) is 64.8 Å². The lowest BCUT2D eigenvalue weighted by atomic mass is 9.89. The van der Waals surface area contributed by atoms with Crippen LogP contribution in [0.2, 0.25) is 18.1 Å². The lowest BCUT2D eigenvalue weighted by Crippen LogP contribution is -2.43. The van der Waals surface area contributed by atoms with Crippen LogP contribution in [0.15, 0.2) is 24.3 Å². The fraction of sp³-hybridized carbons (Fsp3) is 0.833. The highest BCUT2D eigenvalue weighted by Crippen LogP contribution is 2.39. The molecule has 2 N–H and O–H groups in total. The van der Waals surface area contributed by atoms with Crippen LogP contribution in [0, 0.1) is 11.8 Å². The second-order valence-electron chi connectivity index (χ2n) is 13.1. The predicted octanol–water partition coefficient (Wildman–Crippen LogP) is 7.33. The number of ether oxygens (including phenoxy) is 1. The predicted molar refractivity (Wildman–Crippen MR) is 152 cm³/mol. The summed E-state index contributed by atoms with van der Waals surface area (Å²) in [5, 5.41) is 21.4. The number of aliphatic hydroxyl groups is 2. The largest absolute Gasteiger partial charge is 0.460 e. The number of hydrogen-bond acceptors (Lipinski definition) is 5. The van der Waals surface area contributed by atoms with Crippen molar-refractivity contribution in [3.05, 3.63) is 24.3 Å². The molecule has 1 aliphatic rings. The molecule has 210 valence electrons. The van der Waals surface area contributed by atoms with Gasteiger partial charge in [-0.3, -0.25) is 4.79 Å². The van der Waals surface area contributed by atoms with Gasteiger partial charge >= 0.3 is 5.97 Å². The second kappa shape index (κ2) is 14.8. The van der Waals surface area contributed by atoms with Gasteiger partial charge in [0.15, 0.2) is 8.32 Å². The van der Waals surface area contributed by atoms with Gasteiger partial charge in [0.1, 0.15) is 5.60 Å². The number of rotatable bonds is 14. The van der Waals surface area contributed by atoms with Crippen molar-refractivity contribution in [2.75, 3.05) is 0 Å². The van der Waals surface area contributed by atoms with Gasteiger partial charge in [-0.2, -0.15) is 0 Å². The summed E-state index contributed by atoms with van der Waals surface area (Å²) >= 11 is 0. The summed E-state index contributed by atoms with van der Waals surface area (Å²) in [5.41, 5.74) is -0.479. The number of allylic oxidation sites excluding steroid dienone is 2. The maximum Gasteiger partial charge on any atom is 0.306 e. The Kier molecular flexibility index (Phi) is 13.6. The second-order valence-corrected chi connectivity index (χ2v) is 17.9. The fourth-order valence-corrected chi connectivity index (χ4v) is 5.74. The number of carbonyl (C=O) groups excluding carboxylic acids is 1. The van der Waals surface area contributed by atoms with E-state index in [-0.39, 0.29) is 28.9 Å². The third-order valence-electron chi connectivity index (χ3n) is 7.55. The lowest BCUT2D eigenvalue weighted by molar-refractivity contribution is -0.154. The monoisotopic (exact) mass is 524 g/mol. The van der Waals surface area contributed by atoms with Crippen LogP contribution in [0.1, 0.15) is 106 Å². The summed E-state index contributed by atoms with van der Waals surface area (Å²) in [5.74, 6) is -0.275. The van der Waals surface area contributed by atoms with E-state index in [4.69, 9.17) is 9.16 Å². The van der Waals surface area contributed by atoms with Crippen LogP contribution in [0.5, 0.6) is 0 Å². The van der Waals surface area contributed by atoms with Gasteiger partial charge in [-0.05, 0) is 76.9 Å². The number of esters is 1. The molecule has 6 heteroatoms. The molecule has 1 saturated carbocycles. The van der Waals surface area contributed by atoms with Gasteiger partial charge in [0, 0.05) is 18.8 Å². The van der Waals surface area contributed by atoms with Crippen LogP contribution in [0.3, 0.4) is 0 Å². The summed E-state index contributed by atoms with van der Waals surface area (Å²) in [4.78, 5) is 12.2. The number of carbonyl (C=O) groups is 1. The van der Waals surface area contributed by atoms with E-state index in [1.54, 1.807) is 0 Å². The van der Waals surface area contributed by atoms with Crippen LogP contribution in [-0.4, -0.2) is 48.4 Å². The van der Waals surface area contributed by atoms with E-state index >= 15 is 0 Å². The molecule has 0 unspecified atom stereocenters. The minimum atomic E-state index is -2.04. The molecule has 0 aromatic heterocycles. The summed E-state index contributed by atoms with van der Waals surface area (Å²) in [6.45, 7) is 19.0. The Bertz CT molecular complexity index is 701. The molecule has 0 aromatic rings. The molecule has 0 heterocycles. The van der Waals surface area contributed by atoms with Crippen molar-refractivity contribution in [3.8, 4) is 0 Å². The van der Waals surface area contributed by atoms with Gasteiger partial charge < -0.3 is 19.4 Å². The first-order valence-electron chi connectivity index (χ1n) is 14.2. The molecule has 0 spiro atoms. The van der Waals surface area contributed by atoms with E-state index in [0.29, 0.717) is 19.3 Å². The topological polar surface area (TPSA) is 76.0 Å². The molecule has 0 saturated heterocycles. The summed E-state index contributed by atoms with van der Waals surface area (Å²) in [6.07, 6.45) is 15.0. The molecule has 5 atom stereocenters. The Morgan fingerprint density at radius 1 is 1.03 bits per heavy atom. The lowest BCUT2D eigenvalue weighted by Gasteiger charge is -2.39. The highest BCUT2D eigenvalue weighted by molar-refractivity contribution is 6.74. The van der Waals surface area contributed by atoms with Crippen LogP contribution >= 0.6 is 0 Å². The first-order valence-corrected chi connectivity index (χ1v) is 17.1. The summed E-state index contributed by atoms with van der Waals surface area (Å²) in [7, 11) is -2.04. The van der Waals surface area contributed by atoms with Crippen molar-refractivity contribution >= 4 is 14.3 Å². The summed E-state index contributed by atoms with van der Waals surface area (Å²) in [6, 6.07) is 0. The normalized spacial score (nSPS) is 24.6. The minimum absolute atomic E-state index is 0.00830. The smallest absolute Gasteiger partial charge is 0.306 e. The van der Waals surface area contributed by atoms with Crippen molar-refractivity contribution in [2.45, 2.75) is 148 Å².